The second-order valence-electron chi connectivity index (χ2n) is 3.76. The topological polar surface area (TPSA) is 158 Å². The molecule has 3 rings (SSSR count). The molecule has 7 N–H and O–H groups in total. The highest BCUT2D eigenvalue weighted by atomic mass is 32.1. The van der Waals surface area contributed by atoms with E-state index in [0.717, 1.165) is 0 Å². The van der Waals surface area contributed by atoms with E-state index in [4.69, 9.17) is 21.6 Å². The number of nitrogen functional groups attached to an aromatic ring is 1. The highest BCUT2D eigenvalue weighted by molar-refractivity contribution is 7.13. The second-order valence-corrected chi connectivity index (χ2v) is 4.59. The van der Waals surface area contributed by atoms with Gasteiger partial charge in [-0.25, -0.2) is 4.98 Å². The van der Waals surface area contributed by atoms with Crippen LogP contribution in [0.2, 0.25) is 0 Å². The molecule has 0 spiro atoms. The monoisotopic (exact) mass is 290 g/mol. The van der Waals surface area contributed by atoms with Gasteiger partial charge in [-0.2, -0.15) is 9.98 Å². The zero-order chi connectivity index (χ0) is 14.1. The third kappa shape index (κ3) is 2.31. The number of anilines is 1. The van der Waals surface area contributed by atoms with Crippen molar-refractivity contribution in [2.45, 2.75) is 0 Å². The van der Waals surface area contributed by atoms with Gasteiger partial charge in [0, 0.05) is 5.38 Å². The summed E-state index contributed by atoms with van der Waals surface area (Å²) in [6, 6.07) is 3.51. The summed E-state index contributed by atoms with van der Waals surface area (Å²) in [5.41, 5.74) is 16.7. The number of furan rings is 1. The molecule has 0 aliphatic heterocycles. The molecule has 0 unspecified atom stereocenters. The zero-order valence-electron chi connectivity index (χ0n) is 10.1. The number of hydrogen-bond acceptors (Lipinski definition) is 7. The lowest BCUT2D eigenvalue weighted by atomic mass is 10.3. The Morgan fingerprint density at radius 1 is 1.25 bits per heavy atom. The lowest BCUT2D eigenvalue weighted by Crippen LogP contribution is -2.21. The zero-order valence-corrected chi connectivity index (χ0v) is 10.9. The minimum Gasteiger partial charge on any atom is -0.451 e. The predicted octanol–water partition coefficient (Wildman–Crippen LogP) is 0.675. The number of hydrogen-bond donors (Lipinski definition) is 4. The number of nitrogens with zero attached hydrogens (tertiary/aromatic N) is 4. The summed E-state index contributed by atoms with van der Waals surface area (Å²) in [7, 11) is 0. The minimum atomic E-state index is -0.0387. The number of H-pyrrole nitrogens is 1. The van der Waals surface area contributed by atoms with Gasteiger partial charge in [-0.3, -0.25) is 5.10 Å². The van der Waals surface area contributed by atoms with E-state index in [2.05, 4.69) is 25.2 Å². The maximum Gasteiger partial charge on any atom is 0.239 e. The lowest BCUT2D eigenvalue weighted by molar-refractivity contribution is 0.590. The number of rotatable bonds is 3. The molecule has 0 saturated carbocycles. The van der Waals surface area contributed by atoms with Gasteiger partial charge in [-0.1, -0.05) is 0 Å². The number of aromatic amines is 1. The molecule has 0 aliphatic carbocycles. The van der Waals surface area contributed by atoms with Gasteiger partial charge in [0.15, 0.2) is 23.3 Å². The highest BCUT2D eigenvalue weighted by Gasteiger charge is 2.12. The van der Waals surface area contributed by atoms with Gasteiger partial charge in [-0.05, 0) is 12.1 Å². The molecule has 3 heterocycles. The van der Waals surface area contributed by atoms with Crippen LogP contribution in [-0.4, -0.2) is 26.1 Å². The molecule has 0 amide bonds. The summed E-state index contributed by atoms with van der Waals surface area (Å²) < 4.78 is 5.63. The van der Waals surface area contributed by atoms with E-state index in [0.29, 0.717) is 28.2 Å². The quantitative estimate of drug-likeness (QED) is 0.407. The van der Waals surface area contributed by atoms with Gasteiger partial charge >= 0.3 is 0 Å². The van der Waals surface area contributed by atoms with Crippen molar-refractivity contribution < 1.29 is 4.42 Å². The molecule has 0 aromatic carbocycles. The lowest BCUT2D eigenvalue weighted by Gasteiger charge is -1.90. The van der Waals surface area contributed by atoms with E-state index < -0.39 is 0 Å². The first-order valence-electron chi connectivity index (χ1n) is 5.45. The van der Waals surface area contributed by atoms with Crippen LogP contribution < -0.4 is 17.2 Å². The number of guanidine groups is 1. The summed E-state index contributed by atoms with van der Waals surface area (Å²) in [6.45, 7) is 0. The van der Waals surface area contributed by atoms with Crippen molar-refractivity contribution >= 4 is 28.4 Å². The predicted molar refractivity (Wildman–Crippen MR) is 75.1 cm³/mol. The Balaban J connectivity index is 1.90. The van der Waals surface area contributed by atoms with E-state index in [1.165, 1.54) is 11.3 Å². The number of aromatic nitrogens is 4. The van der Waals surface area contributed by atoms with Gasteiger partial charge in [0.25, 0.3) is 0 Å². The summed E-state index contributed by atoms with van der Waals surface area (Å²) in [5, 5.41) is 8.65. The van der Waals surface area contributed by atoms with Gasteiger partial charge in [0.05, 0.1) is 0 Å². The fraction of sp³-hybridized carbons (Fsp3) is 0. The summed E-state index contributed by atoms with van der Waals surface area (Å²) in [6.07, 6.45) is 0. The van der Waals surface area contributed by atoms with Crippen LogP contribution in [-0.2, 0) is 0 Å². The van der Waals surface area contributed by atoms with Crippen LogP contribution >= 0.6 is 11.3 Å². The van der Waals surface area contributed by atoms with Crippen LogP contribution in [0, 0.1) is 0 Å². The van der Waals surface area contributed by atoms with Crippen LogP contribution in [0.25, 0.3) is 23.0 Å². The average molecular weight is 290 g/mol. The van der Waals surface area contributed by atoms with Crippen LogP contribution in [0.15, 0.2) is 26.9 Å². The van der Waals surface area contributed by atoms with Crippen LogP contribution in [0.1, 0.15) is 0 Å². The molecule has 20 heavy (non-hydrogen) atoms. The fourth-order valence-electron chi connectivity index (χ4n) is 1.53. The first kappa shape index (κ1) is 12.2. The van der Waals surface area contributed by atoms with E-state index in [-0.39, 0.29) is 11.9 Å². The molecule has 0 radical (unpaired) electrons. The third-order valence-corrected chi connectivity index (χ3v) is 3.05. The molecule has 0 aliphatic rings. The van der Waals surface area contributed by atoms with Crippen molar-refractivity contribution in [3.63, 3.8) is 0 Å². The SMILES string of the molecule is NC(N)=Nc1nc(-c2ccc(-c3nc(N)n[nH]3)o2)cs1. The largest absolute Gasteiger partial charge is 0.451 e. The summed E-state index contributed by atoms with van der Waals surface area (Å²) in [4.78, 5) is 12.1. The molecular formula is C10H10N8OS. The molecule has 0 atom stereocenters. The first-order chi connectivity index (χ1) is 9.61. The van der Waals surface area contributed by atoms with Crippen molar-refractivity contribution in [2.75, 3.05) is 5.73 Å². The van der Waals surface area contributed by atoms with Gasteiger partial charge in [-0.15, -0.1) is 16.4 Å². The Kier molecular flexibility index (Phi) is 2.84. The first-order valence-corrected chi connectivity index (χ1v) is 6.33. The summed E-state index contributed by atoms with van der Waals surface area (Å²) >= 11 is 1.31. The standard InChI is InChI=1S/C10H10N8OS/c11-8(12)16-10-14-4(3-20-10)5-1-2-6(19-5)7-15-9(13)18-17-7/h1-3H,(H4,11,12,14,16)(H3,13,15,17,18). The fourth-order valence-corrected chi connectivity index (χ4v) is 2.22. The average Bonchev–Trinajstić information content (AvgIpc) is 3.06. The maximum atomic E-state index is 5.63. The number of thiazole rings is 1. The maximum absolute atomic E-state index is 5.63. The van der Waals surface area contributed by atoms with E-state index in [9.17, 15) is 0 Å². The van der Waals surface area contributed by atoms with Crippen LogP contribution in [0.4, 0.5) is 11.1 Å². The van der Waals surface area contributed by atoms with Gasteiger partial charge < -0.3 is 21.6 Å². The van der Waals surface area contributed by atoms with E-state index in [1.807, 2.05) is 0 Å². The molecule has 0 bridgehead atoms. The van der Waals surface area contributed by atoms with Gasteiger partial charge in [0.1, 0.15) is 5.69 Å². The smallest absolute Gasteiger partial charge is 0.239 e. The number of aliphatic imine (C=N–C) groups is 1. The molecule has 3 aromatic heterocycles. The highest BCUT2D eigenvalue weighted by Crippen LogP contribution is 2.30. The third-order valence-electron chi connectivity index (χ3n) is 2.31. The number of nitrogens with two attached hydrogens (primary N) is 3. The summed E-state index contributed by atoms with van der Waals surface area (Å²) in [5.74, 6) is 1.65. The van der Waals surface area contributed by atoms with Crippen molar-refractivity contribution in [3.8, 4) is 23.0 Å². The van der Waals surface area contributed by atoms with Crippen molar-refractivity contribution in [2.24, 2.45) is 16.5 Å². The Hall–Kier alpha value is -2.88. The van der Waals surface area contributed by atoms with Crippen molar-refractivity contribution in [1.82, 2.24) is 20.2 Å². The molecule has 9 nitrogen and oxygen atoms in total. The Labute approximate surface area is 116 Å². The number of nitrogens with one attached hydrogen (secondary N) is 1. The van der Waals surface area contributed by atoms with E-state index >= 15 is 0 Å². The van der Waals surface area contributed by atoms with Crippen molar-refractivity contribution in [1.29, 1.82) is 0 Å². The van der Waals surface area contributed by atoms with Gasteiger partial charge in [0.2, 0.25) is 11.1 Å². The molecule has 0 saturated heterocycles. The molecule has 10 heteroatoms. The Morgan fingerprint density at radius 3 is 2.75 bits per heavy atom. The van der Waals surface area contributed by atoms with Crippen molar-refractivity contribution in [3.05, 3.63) is 17.5 Å². The molecule has 102 valence electrons. The normalized spacial score (nSPS) is 10.6. The van der Waals surface area contributed by atoms with E-state index in [1.54, 1.807) is 17.5 Å². The molecule has 3 aromatic rings. The Morgan fingerprint density at radius 2 is 2.05 bits per heavy atom. The van der Waals surface area contributed by atoms with Crippen LogP contribution in [0.3, 0.4) is 0 Å². The molecule has 0 fully saturated rings. The Bertz CT molecular complexity index is 766. The van der Waals surface area contributed by atoms with Crippen LogP contribution in [0.5, 0.6) is 0 Å². The second kappa shape index (κ2) is 4.66. The molecular weight excluding hydrogens is 280 g/mol. The minimum absolute atomic E-state index is 0.0387.